The predicted molar refractivity (Wildman–Crippen MR) is 104 cm³/mol. The number of amidine groups is 1. The quantitative estimate of drug-likeness (QED) is 0.425. The number of anilines is 1. The van der Waals surface area contributed by atoms with E-state index in [0.29, 0.717) is 16.0 Å². The first-order chi connectivity index (χ1) is 11.0. The summed E-state index contributed by atoms with van der Waals surface area (Å²) in [7, 11) is 0. The Bertz CT molecular complexity index is 724. The monoisotopic (exact) mass is 383 g/mol. The lowest BCUT2D eigenvalue weighted by atomic mass is 10.2. The van der Waals surface area contributed by atoms with Crippen LogP contribution in [0.1, 0.15) is 5.56 Å². The zero-order valence-electron chi connectivity index (χ0n) is 11.8. The second-order valence-electron chi connectivity index (χ2n) is 4.35. The topological polar surface area (TPSA) is 36.4 Å². The number of aliphatic imine (C=N–C) groups is 1. The van der Waals surface area contributed by atoms with Gasteiger partial charge in [0.05, 0.1) is 6.20 Å². The highest BCUT2D eigenvalue weighted by Gasteiger charge is 2.05. The minimum atomic E-state index is 0.0526. The molecule has 0 fully saturated rings. The van der Waals surface area contributed by atoms with Crippen molar-refractivity contribution in [2.45, 2.75) is 0 Å². The summed E-state index contributed by atoms with van der Waals surface area (Å²) in [5, 5.41) is 7.12. The van der Waals surface area contributed by atoms with Gasteiger partial charge in [0, 0.05) is 16.3 Å². The molecule has 2 aromatic carbocycles. The molecule has 7 heteroatoms. The summed E-state index contributed by atoms with van der Waals surface area (Å²) in [6, 6.07) is 16.7. The summed E-state index contributed by atoms with van der Waals surface area (Å²) in [5.74, 6) is 0.524. The van der Waals surface area contributed by atoms with E-state index in [1.54, 1.807) is 12.1 Å². The lowest BCUT2D eigenvalue weighted by Crippen LogP contribution is -2.34. The molecule has 0 heterocycles. The molecule has 0 amide bonds. The van der Waals surface area contributed by atoms with Crippen molar-refractivity contribution >= 4 is 63.7 Å². The molecule has 0 radical (unpaired) electrons. The number of rotatable bonds is 3. The maximum atomic E-state index is 5.86. The van der Waals surface area contributed by atoms with E-state index in [2.05, 4.69) is 15.6 Å². The van der Waals surface area contributed by atoms with Crippen LogP contribution in [0.5, 0.6) is 0 Å². The largest absolute Gasteiger partial charge is 0.332 e. The van der Waals surface area contributed by atoms with Gasteiger partial charge in [-0.15, -0.1) is 0 Å². The first-order valence-corrected chi connectivity index (χ1v) is 8.07. The van der Waals surface area contributed by atoms with E-state index >= 15 is 0 Å². The molecule has 0 bridgehead atoms. The van der Waals surface area contributed by atoms with E-state index < -0.39 is 0 Å². The minimum Gasteiger partial charge on any atom is -0.332 e. The number of nitrogens with zero attached hydrogens (tertiary/aromatic N) is 1. The first kappa shape index (κ1) is 17.8. The Balaban J connectivity index is 2.14. The van der Waals surface area contributed by atoms with E-state index in [1.165, 1.54) is 6.20 Å². The minimum absolute atomic E-state index is 0.0526. The van der Waals surface area contributed by atoms with Crippen LogP contribution in [-0.4, -0.2) is 10.9 Å². The van der Waals surface area contributed by atoms with Gasteiger partial charge >= 0.3 is 0 Å². The highest BCUT2D eigenvalue weighted by molar-refractivity contribution is 7.80. The fourth-order valence-electron chi connectivity index (χ4n) is 1.69. The van der Waals surface area contributed by atoms with E-state index in [9.17, 15) is 0 Å². The molecule has 0 spiro atoms. The molecular formula is C16H12Cl3N3S. The molecule has 2 aromatic rings. The Morgan fingerprint density at radius 3 is 2.26 bits per heavy atom. The van der Waals surface area contributed by atoms with Crippen molar-refractivity contribution in [1.82, 2.24) is 5.32 Å². The van der Waals surface area contributed by atoms with Crippen molar-refractivity contribution in [3.05, 3.63) is 75.9 Å². The summed E-state index contributed by atoms with van der Waals surface area (Å²) < 4.78 is 0.0526. The Kier molecular flexibility index (Phi) is 6.86. The number of hydrogen-bond donors (Lipinski definition) is 2. The van der Waals surface area contributed by atoms with Gasteiger partial charge in [-0.25, -0.2) is 4.99 Å². The maximum absolute atomic E-state index is 5.86. The molecule has 0 saturated heterocycles. The van der Waals surface area contributed by atoms with Crippen LogP contribution < -0.4 is 10.6 Å². The van der Waals surface area contributed by atoms with Gasteiger partial charge in [-0.2, -0.15) is 0 Å². The number of nitrogens with one attached hydrogen (secondary N) is 2. The third kappa shape index (κ3) is 6.20. The molecule has 0 aromatic heterocycles. The highest BCUT2D eigenvalue weighted by atomic mass is 35.5. The van der Waals surface area contributed by atoms with Gasteiger partial charge in [-0.05, 0) is 36.5 Å². The SMILES string of the molecule is S=C(NC(=NC=C(Cl)Cl)c1ccccc1)Nc1ccc(Cl)cc1. The molecule has 118 valence electrons. The fourth-order valence-corrected chi connectivity index (χ4v) is 2.13. The van der Waals surface area contributed by atoms with Crippen molar-refractivity contribution in [2.24, 2.45) is 4.99 Å². The molecule has 0 aliphatic heterocycles. The molecule has 0 unspecified atom stereocenters. The standard InChI is InChI=1S/C16H12Cl3N3S/c17-12-6-8-13(9-7-12)21-16(23)22-15(20-10-14(18)19)11-4-2-1-3-5-11/h1-10H,(H2,20,21,22,23). The Labute approximate surface area is 155 Å². The van der Waals surface area contributed by atoms with Gasteiger partial charge in [0.2, 0.25) is 0 Å². The third-order valence-corrected chi connectivity index (χ3v) is 3.32. The van der Waals surface area contributed by atoms with Crippen molar-refractivity contribution in [3.63, 3.8) is 0 Å². The molecule has 0 saturated carbocycles. The average Bonchev–Trinajstić information content (AvgIpc) is 2.54. The van der Waals surface area contributed by atoms with Gasteiger partial charge in [0.1, 0.15) is 10.3 Å². The molecule has 2 N–H and O–H groups in total. The molecule has 0 aliphatic rings. The normalized spacial score (nSPS) is 10.8. The van der Waals surface area contributed by atoms with Gasteiger partial charge < -0.3 is 10.6 Å². The third-order valence-electron chi connectivity index (χ3n) is 2.67. The van der Waals surface area contributed by atoms with Crippen LogP contribution in [0.3, 0.4) is 0 Å². The number of hydrogen-bond acceptors (Lipinski definition) is 2. The molecule has 23 heavy (non-hydrogen) atoms. The van der Waals surface area contributed by atoms with Crippen molar-refractivity contribution in [1.29, 1.82) is 0 Å². The summed E-state index contributed by atoms with van der Waals surface area (Å²) in [6.07, 6.45) is 1.34. The molecular weight excluding hydrogens is 373 g/mol. The molecule has 2 rings (SSSR count). The summed E-state index contributed by atoms with van der Waals surface area (Å²) in [6.45, 7) is 0. The lowest BCUT2D eigenvalue weighted by Gasteiger charge is -2.12. The summed E-state index contributed by atoms with van der Waals surface area (Å²) in [5.41, 5.74) is 1.66. The van der Waals surface area contributed by atoms with Crippen LogP contribution in [0.25, 0.3) is 0 Å². The second kappa shape index (κ2) is 8.89. The number of benzene rings is 2. The predicted octanol–water partition coefficient (Wildman–Crippen LogP) is 5.35. The fraction of sp³-hybridized carbons (Fsp3) is 0. The summed E-state index contributed by atoms with van der Waals surface area (Å²) in [4.78, 5) is 4.22. The first-order valence-electron chi connectivity index (χ1n) is 6.52. The number of halogens is 3. The van der Waals surface area contributed by atoms with Gasteiger partial charge in [0.15, 0.2) is 5.11 Å². The Hall–Kier alpha value is -1.59. The average molecular weight is 385 g/mol. The van der Waals surface area contributed by atoms with Crippen LogP contribution in [0.2, 0.25) is 5.02 Å². The second-order valence-corrected chi connectivity index (χ2v) is 6.20. The highest BCUT2D eigenvalue weighted by Crippen LogP contribution is 2.13. The Morgan fingerprint density at radius 2 is 1.65 bits per heavy atom. The summed E-state index contributed by atoms with van der Waals surface area (Å²) >= 11 is 22.4. The van der Waals surface area contributed by atoms with E-state index in [0.717, 1.165) is 11.3 Å². The molecule has 0 aliphatic carbocycles. The van der Waals surface area contributed by atoms with Crippen molar-refractivity contribution in [2.75, 3.05) is 5.32 Å². The van der Waals surface area contributed by atoms with Crippen LogP contribution in [0, 0.1) is 0 Å². The van der Waals surface area contributed by atoms with Crippen LogP contribution >= 0.6 is 47.0 Å². The van der Waals surface area contributed by atoms with E-state index in [1.807, 2.05) is 42.5 Å². The van der Waals surface area contributed by atoms with Gasteiger partial charge in [-0.1, -0.05) is 65.1 Å². The maximum Gasteiger partial charge on any atom is 0.176 e. The zero-order valence-corrected chi connectivity index (χ0v) is 14.8. The van der Waals surface area contributed by atoms with E-state index in [-0.39, 0.29) is 4.49 Å². The smallest absolute Gasteiger partial charge is 0.176 e. The zero-order chi connectivity index (χ0) is 16.7. The van der Waals surface area contributed by atoms with Crippen LogP contribution in [0.15, 0.2) is 70.3 Å². The Morgan fingerprint density at radius 1 is 1.00 bits per heavy atom. The molecule has 0 atom stereocenters. The van der Waals surface area contributed by atoms with Crippen molar-refractivity contribution in [3.8, 4) is 0 Å². The van der Waals surface area contributed by atoms with Gasteiger partial charge in [0.25, 0.3) is 0 Å². The van der Waals surface area contributed by atoms with Crippen molar-refractivity contribution < 1.29 is 0 Å². The van der Waals surface area contributed by atoms with Crippen LogP contribution in [-0.2, 0) is 0 Å². The van der Waals surface area contributed by atoms with E-state index in [4.69, 9.17) is 47.0 Å². The van der Waals surface area contributed by atoms with Crippen LogP contribution in [0.4, 0.5) is 5.69 Å². The number of thiocarbonyl (C=S) groups is 1. The lowest BCUT2D eigenvalue weighted by molar-refractivity contribution is 1.32. The van der Waals surface area contributed by atoms with Gasteiger partial charge in [-0.3, -0.25) is 0 Å². The molecule has 3 nitrogen and oxygen atoms in total.